The largest absolute Gasteiger partial charge is 0.480 e. The number of nitrogens with zero attached hydrogens (tertiary/aromatic N) is 1. The minimum Gasteiger partial charge on any atom is -0.480 e. The summed E-state index contributed by atoms with van der Waals surface area (Å²) in [4.78, 5) is 29.6. The van der Waals surface area contributed by atoms with Gasteiger partial charge in [0.1, 0.15) is 6.04 Å². The molecule has 0 saturated carbocycles. The molecule has 0 unspecified atom stereocenters. The Morgan fingerprint density at radius 1 is 1.47 bits per heavy atom. The van der Waals surface area contributed by atoms with Crippen molar-refractivity contribution in [2.75, 3.05) is 0 Å². The molecule has 0 aromatic rings. The van der Waals surface area contributed by atoms with Crippen LogP contribution in [0.4, 0.5) is 0 Å². The van der Waals surface area contributed by atoms with Gasteiger partial charge in [0.15, 0.2) is 0 Å². The van der Waals surface area contributed by atoms with Crippen LogP contribution in [0.3, 0.4) is 0 Å². The first kappa shape index (κ1) is 16.7. The standard InChI is InChI=1S/C7H13NO3S.HNOS/c1-4(9)8-5(6(10)11)7(2,3)12;2-1-3/h5,12H,1-3H3,(H,8,9)(H,10,11);(H,2,3)/t5-;/m1./s1. The second-order valence-corrected chi connectivity index (χ2v) is 4.52. The third-order valence-corrected chi connectivity index (χ3v) is 1.56. The number of carboxylic acids is 1. The molecule has 8 heteroatoms. The van der Waals surface area contributed by atoms with Crippen LogP contribution in [-0.4, -0.2) is 27.8 Å². The average molecular weight is 254 g/mol. The molecule has 0 aromatic heterocycles. The van der Waals surface area contributed by atoms with Gasteiger partial charge in [0.05, 0.1) is 0 Å². The Kier molecular flexibility index (Phi) is 8.35. The van der Waals surface area contributed by atoms with Gasteiger partial charge < -0.3 is 10.4 Å². The molecule has 2 N–H and O–H groups in total. The summed E-state index contributed by atoms with van der Waals surface area (Å²) < 4.78 is 1.18. The van der Waals surface area contributed by atoms with Crippen LogP contribution >= 0.6 is 25.4 Å². The molecule has 88 valence electrons. The lowest BCUT2D eigenvalue weighted by atomic mass is 10.0. The second kappa shape index (κ2) is 7.52. The quantitative estimate of drug-likeness (QED) is 0.444. The van der Waals surface area contributed by atoms with Gasteiger partial charge in [-0.2, -0.15) is 12.6 Å². The second-order valence-electron chi connectivity index (χ2n) is 3.21. The van der Waals surface area contributed by atoms with E-state index >= 15 is 0 Å². The Morgan fingerprint density at radius 2 is 1.80 bits per heavy atom. The Balaban J connectivity index is 0. The number of carbonyl (C=O) groups excluding carboxylic acids is 1. The number of carboxylic acid groups (broad SMARTS) is 1. The number of hydrogen-bond acceptors (Lipinski definition) is 5. The molecule has 0 radical (unpaired) electrons. The van der Waals surface area contributed by atoms with Gasteiger partial charge in [-0.15, -0.1) is 4.91 Å². The minimum atomic E-state index is -1.08. The summed E-state index contributed by atoms with van der Waals surface area (Å²) >= 11 is 6.93. The molecule has 0 aliphatic carbocycles. The van der Waals surface area contributed by atoms with Gasteiger partial charge in [0, 0.05) is 29.1 Å². The lowest BCUT2D eigenvalue weighted by Crippen LogP contribution is -2.50. The number of amides is 1. The number of aliphatic carboxylic acids is 1. The fourth-order valence-corrected chi connectivity index (χ4v) is 0.919. The molecular weight excluding hydrogens is 240 g/mol. The number of thiol groups is 2. The summed E-state index contributed by atoms with van der Waals surface area (Å²) in [6.45, 7) is 4.53. The van der Waals surface area contributed by atoms with Gasteiger partial charge >= 0.3 is 5.97 Å². The zero-order valence-electron chi connectivity index (χ0n) is 8.59. The predicted octanol–water partition coefficient (Wildman–Crippen LogP) is 0.882. The number of nitroso groups, excluding NO2 is 1. The van der Waals surface area contributed by atoms with Crippen molar-refractivity contribution in [3.63, 3.8) is 0 Å². The van der Waals surface area contributed by atoms with Crippen molar-refractivity contribution in [3.05, 3.63) is 4.91 Å². The molecule has 0 aromatic carbocycles. The zero-order valence-corrected chi connectivity index (χ0v) is 10.4. The van der Waals surface area contributed by atoms with Crippen LogP contribution in [0.2, 0.25) is 0 Å². The van der Waals surface area contributed by atoms with Crippen LogP contribution in [0.25, 0.3) is 0 Å². The van der Waals surface area contributed by atoms with Crippen molar-refractivity contribution in [2.45, 2.75) is 31.6 Å². The molecule has 15 heavy (non-hydrogen) atoms. The van der Waals surface area contributed by atoms with Gasteiger partial charge in [-0.05, 0) is 13.8 Å². The summed E-state index contributed by atoms with van der Waals surface area (Å²) in [6.07, 6.45) is 0. The van der Waals surface area contributed by atoms with E-state index < -0.39 is 16.8 Å². The summed E-state index contributed by atoms with van der Waals surface area (Å²) in [5.41, 5.74) is 0. The SMILES string of the molecule is CC(=O)N[C@H](C(=O)O)C(C)(C)S.O=NS. The van der Waals surface area contributed by atoms with Crippen LogP contribution in [-0.2, 0) is 9.59 Å². The van der Waals surface area contributed by atoms with Crippen molar-refractivity contribution < 1.29 is 14.7 Å². The molecule has 6 nitrogen and oxygen atoms in total. The van der Waals surface area contributed by atoms with E-state index in [2.05, 4.69) is 30.8 Å². The van der Waals surface area contributed by atoms with Gasteiger partial charge in [0.2, 0.25) is 5.91 Å². The molecule has 0 saturated heterocycles. The molecule has 0 spiro atoms. The number of hydrogen-bond donors (Lipinski definition) is 4. The Labute approximate surface area is 98.7 Å². The lowest BCUT2D eigenvalue weighted by Gasteiger charge is -2.26. The van der Waals surface area contributed by atoms with Crippen molar-refractivity contribution in [3.8, 4) is 0 Å². The molecule has 1 amide bonds. The van der Waals surface area contributed by atoms with Crippen LogP contribution in [0, 0.1) is 4.91 Å². The van der Waals surface area contributed by atoms with Gasteiger partial charge in [-0.1, -0.05) is 0 Å². The van der Waals surface area contributed by atoms with E-state index in [9.17, 15) is 9.59 Å². The minimum absolute atomic E-state index is 0.371. The molecule has 0 heterocycles. The maximum Gasteiger partial charge on any atom is 0.327 e. The summed E-state index contributed by atoms with van der Waals surface area (Å²) in [5, 5.41) is 11.0. The van der Waals surface area contributed by atoms with Crippen LogP contribution in [0.5, 0.6) is 0 Å². The normalized spacial score (nSPS) is 11.8. The Bertz CT molecular complexity index is 240. The highest BCUT2D eigenvalue weighted by Crippen LogP contribution is 2.17. The van der Waals surface area contributed by atoms with Crippen LogP contribution in [0.1, 0.15) is 20.8 Å². The van der Waals surface area contributed by atoms with Crippen molar-refractivity contribution in [2.24, 2.45) is 4.58 Å². The van der Waals surface area contributed by atoms with Crippen LogP contribution in [0.15, 0.2) is 4.58 Å². The molecule has 0 aliphatic rings. The number of rotatable bonds is 3. The fraction of sp³-hybridized carbons (Fsp3) is 0.714. The average Bonchev–Trinajstić information content (AvgIpc) is 1.98. The van der Waals surface area contributed by atoms with E-state index in [4.69, 9.17) is 10.0 Å². The summed E-state index contributed by atoms with van der Waals surface area (Å²) in [7, 11) is 0. The van der Waals surface area contributed by atoms with Gasteiger partial charge in [-0.25, -0.2) is 4.79 Å². The van der Waals surface area contributed by atoms with E-state index in [0.717, 1.165) is 0 Å². The highest BCUT2D eigenvalue weighted by Gasteiger charge is 2.32. The van der Waals surface area contributed by atoms with Crippen LogP contribution < -0.4 is 5.32 Å². The van der Waals surface area contributed by atoms with E-state index in [1.54, 1.807) is 13.8 Å². The number of carbonyl (C=O) groups is 2. The third kappa shape index (κ3) is 9.54. The summed E-state index contributed by atoms with van der Waals surface area (Å²) in [5.74, 6) is -1.45. The van der Waals surface area contributed by atoms with E-state index in [1.807, 2.05) is 4.58 Å². The molecule has 1 atom stereocenters. The monoisotopic (exact) mass is 254 g/mol. The summed E-state index contributed by atoms with van der Waals surface area (Å²) in [6, 6.07) is -0.960. The molecular formula is C7H14N2O4S2. The maximum absolute atomic E-state index is 10.6. The zero-order chi connectivity index (χ0) is 12.6. The van der Waals surface area contributed by atoms with Gasteiger partial charge in [0.25, 0.3) is 0 Å². The third-order valence-electron chi connectivity index (χ3n) is 1.30. The Morgan fingerprint density at radius 3 is 1.87 bits per heavy atom. The smallest absolute Gasteiger partial charge is 0.327 e. The lowest BCUT2D eigenvalue weighted by molar-refractivity contribution is -0.142. The number of nitrogens with one attached hydrogen (secondary N) is 1. The predicted molar refractivity (Wildman–Crippen MR) is 63.1 cm³/mol. The Hall–Kier alpha value is -0.760. The van der Waals surface area contributed by atoms with Gasteiger partial charge in [-0.3, -0.25) is 4.79 Å². The first-order valence-corrected chi connectivity index (χ1v) is 4.70. The highest BCUT2D eigenvalue weighted by atomic mass is 32.1. The highest BCUT2D eigenvalue weighted by molar-refractivity contribution is 7.81. The molecule has 0 aliphatic heterocycles. The first-order chi connectivity index (χ1) is 6.66. The van der Waals surface area contributed by atoms with E-state index in [-0.39, 0.29) is 5.91 Å². The molecule has 0 fully saturated rings. The molecule has 0 bridgehead atoms. The first-order valence-electron chi connectivity index (χ1n) is 3.85. The fourth-order valence-electron chi connectivity index (χ4n) is 0.744. The van der Waals surface area contributed by atoms with E-state index in [0.29, 0.717) is 0 Å². The topological polar surface area (TPSA) is 95.8 Å². The van der Waals surface area contributed by atoms with E-state index in [1.165, 1.54) is 6.92 Å². The van der Waals surface area contributed by atoms with Crippen molar-refractivity contribution in [1.29, 1.82) is 0 Å². The molecule has 0 rings (SSSR count). The van der Waals surface area contributed by atoms with Crippen molar-refractivity contribution >= 4 is 37.3 Å². The maximum atomic E-state index is 10.6. The van der Waals surface area contributed by atoms with Crippen molar-refractivity contribution in [1.82, 2.24) is 5.32 Å².